The van der Waals surface area contributed by atoms with Crippen molar-refractivity contribution < 1.29 is 9.53 Å². The van der Waals surface area contributed by atoms with Gasteiger partial charge in [-0.15, -0.1) is 0 Å². The minimum absolute atomic E-state index is 0.396. The van der Waals surface area contributed by atoms with Gasteiger partial charge in [-0.2, -0.15) is 0 Å². The molecule has 0 aromatic carbocycles. The molecular weight excluding hydrogens is 206 g/mol. The summed E-state index contributed by atoms with van der Waals surface area (Å²) in [5, 5.41) is 0. The zero-order valence-corrected chi connectivity index (χ0v) is 8.75. The number of carbonyl (C=O) groups is 1. The van der Waals surface area contributed by atoms with Crippen LogP contribution in [0, 0.1) is 0 Å². The van der Waals surface area contributed by atoms with E-state index < -0.39 is 5.97 Å². The van der Waals surface area contributed by atoms with Gasteiger partial charge in [0.05, 0.1) is 12.8 Å². The lowest BCUT2D eigenvalue weighted by atomic mass is 10.3. The summed E-state index contributed by atoms with van der Waals surface area (Å²) in [5.74, 6) is 0.1000. The van der Waals surface area contributed by atoms with Crippen molar-refractivity contribution in [2.75, 3.05) is 12.8 Å². The quantitative estimate of drug-likeness (QED) is 0.768. The van der Waals surface area contributed by atoms with Crippen LogP contribution < -0.4 is 5.73 Å². The number of anilines is 1. The van der Waals surface area contributed by atoms with Crippen molar-refractivity contribution in [2.24, 2.45) is 0 Å². The van der Waals surface area contributed by atoms with E-state index in [9.17, 15) is 4.79 Å². The predicted molar refractivity (Wildman–Crippen MR) is 59.3 cm³/mol. The van der Waals surface area contributed by atoms with Crippen LogP contribution in [0.5, 0.6) is 0 Å². The molecule has 5 nitrogen and oxygen atoms in total. The Labute approximate surface area is 92.5 Å². The normalized spacial score (nSPS) is 10.1. The van der Waals surface area contributed by atoms with Crippen molar-refractivity contribution in [3.05, 3.63) is 42.4 Å². The molecule has 2 rings (SSSR count). The van der Waals surface area contributed by atoms with E-state index in [0.717, 1.165) is 0 Å². The average Bonchev–Trinajstić information content (AvgIpc) is 2.77. The molecule has 5 heteroatoms. The summed E-state index contributed by atoms with van der Waals surface area (Å²) in [6.07, 6.45) is 3.33. The smallest absolute Gasteiger partial charge is 0.355 e. The summed E-state index contributed by atoms with van der Waals surface area (Å²) in [5.41, 5.74) is 6.69. The van der Waals surface area contributed by atoms with E-state index in [4.69, 9.17) is 5.73 Å². The van der Waals surface area contributed by atoms with Gasteiger partial charge in [-0.3, -0.25) is 4.57 Å². The number of ether oxygens (including phenoxy) is 1. The van der Waals surface area contributed by atoms with Crippen LogP contribution in [0.3, 0.4) is 0 Å². The average molecular weight is 217 g/mol. The number of nitrogens with zero attached hydrogens (tertiary/aromatic N) is 2. The third-order valence-electron chi connectivity index (χ3n) is 2.19. The Balaban J connectivity index is 2.53. The van der Waals surface area contributed by atoms with E-state index in [1.807, 2.05) is 0 Å². The van der Waals surface area contributed by atoms with Crippen LogP contribution in [0.1, 0.15) is 10.5 Å². The number of aromatic nitrogens is 2. The molecule has 16 heavy (non-hydrogen) atoms. The number of hydrogen-bond donors (Lipinski definition) is 1. The van der Waals surface area contributed by atoms with Gasteiger partial charge in [0.2, 0.25) is 0 Å². The molecule has 82 valence electrons. The van der Waals surface area contributed by atoms with Gasteiger partial charge in [-0.1, -0.05) is 0 Å². The van der Waals surface area contributed by atoms with E-state index in [2.05, 4.69) is 9.72 Å². The predicted octanol–water partition coefficient (Wildman–Crippen LogP) is 1.24. The highest BCUT2D eigenvalue weighted by Gasteiger charge is 2.13. The zero-order valence-electron chi connectivity index (χ0n) is 8.75. The minimum atomic E-state index is -0.421. The van der Waals surface area contributed by atoms with E-state index in [0.29, 0.717) is 17.2 Å². The van der Waals surface area contributed by atoms with Gasteiger partial charge in [0, 0.05) is 12.4 Å². The molecule has 0 fully saturated rings. The SMILES string of the molecule is COC(=O)c1cccn1-c1ncccc1N. The van der Waals surface area contributed by atoms with Gasteiger partial charge >= 0.3 is 5.97 Å². The van der Waals surface area contributed by atoms with Gasteiger partial charge < -0.3 is 10.5 Å². The van der Waals surface area contributed by atoms with Crippen LogP contribution in [0.25, 0.3) is 5.82 Å². The number of nitrogen functional groups attached to an aromatic ring is 1. The molecule has 0 atom stereocenters. The molecule has 0 aliphatic heterocycles. The molecule has 0 radical (unpaired) electrons. The molecule has 2 aromatic rings. The van der Waals surface area contributed by atoms with E-state index in [1.54, 1.807) is 41.2 Å². The van der Waals surface area contributed by atoms with Crippen molar-refractivity contribution in [3.63, 3.8) is 0 Å². The Morgan fingerprint density at radius 3 is 2.94 bits per heavy atom. The van der Waals surface area contributed by atoms with Crippen molar-refractivity contribution in [2.45, 2.75) is 0 Å². The van der Waals surface area contributed by atoms with Crippen LogP contribution in [-0.2, 0) is 4.74 Å². The first-order valence-corrected chi connectivity index (χ1v) is 4.70. The van der Waals surface area contributed by atoms with E-state index in [1.165, 1.54) is 7.11 Å². The Morgan fingerprint density at radius 1 is 1.44 bits per heavy atom. The first-order chi connectivity index (χ1) is 7.74. The second-order valence-electron chi connectivity index (χ2n) is 3.17. The summed E-state index contributed by atoms with van der Waals surface area (Å²) in [4.78, 5) is 15.6. The molecule has 0 saturated heterocycles. The second kappa shape index (κ2) is 4.06. The summed E-state index contributed by atoms with van der Waals surface area (Å²) < 4.78 is 6.27. The lowest BCUT2D eigenvalue weighted by molar-refractivity contribution is 0.0591. The Morgan fingerprint density at radius 2 is 2.25 bits per heavy atom. The monoisotopic (exact) mass is 217 g/mol. The summed E-state index contributed by atoms with van der Waals surface area (Å²) >= 11 is 0. The largest absolute Gasteiger partial charge is 0.464 e. The standard InChI is InChI=1S/C11H11N3O2/c1-16-11(15)9-5-3-7-14(9)10-8(12)4-2-6-13-10/h2-7H,12H2,1H3. The van der Waals surface area contributed by atoms with Gasteiger partial charge in [0.1, 0.15) is 5.69 Å². The van der Waals surface area contributed by atoms with Crippen LogP contribution in [0.15, 0.2) is 36.7 Å². The fourth-order valence-electron chi connectivity index (χ4n) is 1.45. The van der Waals surface area contributed by atoms with Crippen molar-refractivity contribution in [1.29, 1.82) is 0 Å². The Kier molecular flexibility index (Phi) is 2.59. The van der Waals surface area contributed by atoms with Crippen LogP contribution in [-0.4, -0.2) is 22.6 Å². The highest BCUT2D eigenvalue weighted by atomic mass is 16.5. The van der Waals surface area contributed by atoms with Crippen molar-refractivity contribution in [1.82, 2.24) is 9.55 Å². The Hall–Kier alpha value is -2.30. The second-order valence-corrected chi connectivity index (χ2v) is 3.17. The fourth-order valence-corrected chi connectivity index (χ4v) is 1.45. The Bertz CT molecular complexity index is 519. The zero-order chi connectivity index (χ0) is 11.5. The number of methoxy groups -OCH3 is 1. The number of nitrogens with two attached hydrogens (primary N) is 1. The summed E-state index contributed by atoms with van der Waals surface area (Å²) in [6, 6.07) is 6.85. The molecule has 2 heterocycles. The molecule has 0 aliphatic carbocycles. The third-order valence-corrected chi connectivity index (χ3v) is 2.19. The van der Waals surface area contributed by atoms with Crippen molar-refractivity contribution >= 4 is 11.7 Å². The molecule has 0 aliphatic rings. The molecule has 0 saturated carbocycles. The third kappa shape index (κ3) is 1.63. The topological polar surface area (TPSA) is 70.1 Å². The number of pyridine rings is 1. The molecule has 0 amide bonds. The number of hydrogen-bond acceptors (Lipinski definition) is 4. The first-order valence-electron chi connectivity index (χ1n) is 4.70. The van der Waals surface area contributed by atoms with Gasteiger partial charge in [-0.25, -0.2) is 9.78 Å². The van der Waals surface area contributed by atoms with Crippen LogP contribution in [0.4, 0.5) is 5.69 Å². The maximum atomic E-state index is 11.5. The van der Waals surface area contributed by atoms with Gasteiger partial charge in [0.25, 0.3) is 0 Å². The molecule has 2 N–H and O–H groups in total. The van der Waals surface area contributed by atoms with Crippen LogP contribution >= 0.6 is 0 Å². The molecule has 0 unspecified atom stereocenters. The number of esters is 1. The maximum absolute atomic E-state index is 11.5. The van der Waals surface area contributed by atoms with Gasteiger partial charge in [0.15, 0.2) is 5.82 Å². The summed E-state index contributed by atoms with van der Waals surface area (Å²) in [6.45, 7) is 0. The lowest BCUT2D eigenvalue weighted by Gasteiger charge is -2.08. The molecule has 0 bridgehead atoms. The molecular formula is C11H11N3O2. The van der Waals surface area contributed by atoms with Gasteiger partial charge in [-0.05, 0) is 24.3 Å². The highest BCUT2D eigenvalue weighted by molar-refractivity contribution is 5.88. The van der Waals surface area contributed by atoms with E-state index >= 15 is 0 Å². The molecule has 2 aromatic heterocycles. The highest BCUT2D eigenvalue weighted by Crippen LogP contribution is 2.16. The first kappa shape index (κ1) is 10.2. The summed E-state index contributed by atoms with van der Waals surface area (Å²) in [7, 11) is 1.33. The lowest BCUT2D eigenvalue weighted by Crippen LogP contribution is -2.11. The van der Waals surface area contributed by atoms with E-state index in [-0.39, 0.29) is 0 Å². The number of carbonyl (C=O) groups excluding carboxylic acids is 1. The minimum Gasteiger partial charge on any atom is -0.464 e. The maximum Gasteiger partial charge on any atom is 0.355 e. The molecule has 0 spiro atoms. The van der Waals surface area contributed by atoms with Crippen LogP contribution in [0.2, 0.25) is 0 Å². The number of rotatable bonds is 2. The fraction of sp³-hybridized carbons (Fsp3) is 0.0909. The van der Waals surface area contributed by atoms with Crippen molar-refractivity contribution in [3.8, 4) is 5.82 Å².